The number of carbonyl (C=O) groups excluding carboxylic acids is 2. The molecule has 1 heterocycles. The molecule has 1 saturated heterocycles. The standard InChI is InChI=1S/C16H22N2O2/c1-12(2)16(20)18-10-6-9-14(18)15(19)17-11-13-7-4-3-5-8-13/h3-5,7-8,12,14H,6,9-11H2,1-2H3,(H,17,19)/t14-/m0/s1. The van der Waals surface area contributed by atoms with Gasteiger partial charge < -0.3 is 10.2 Å². The fourth-order valence-corrected chi connectivity index (χ4v) is 2.54. The molecule has 0 aliphatic carbocycles. The van der Waals surface area contributed by atoms with Crippen molar-refractivity contribution >= 4 is 11.8 Å². The van der Waals surface area contributed by atoms with Crippen molar-refractivity contribution in [3.05, 3.63) is 35.9 Å². The molecule has 1 aromatic carbocycles. The van der Waals surface area contributed by atoms with Gasteiger partial charge in [-0.3, -0.25) is 9.59 Å². The molecule has 0 radical (unpaired) electrons. The van der Waals surface area contributed by atoms with Crippen LogP contribution in [0.3, 0.4) is 0 Å². The lowest BCUT2D eigenvalue weighted by Crippen LogP contribution is -2.47. The Labute approximate surface area is 120 Å². The molecule has 4 nitrogen and oxygen atoms in total. The number of rotatable bonds is 4. The number of nitrogens with one attached hydrogen (secondary N) is 1. The first-order valence-electron chi connectivity index (χ1n) is 7.21. The Morgan fingerprint density at radius 3 is 2.65 bits per heavy atom. The highest BCUT2D eigenvalue weighted by Crippen LogP contribution is 2.20. The minimum absolute atomic E-state index is 0.0413. The highest BCUT2D eigenvalue weighted by Gasteiger charge is 2.34. The average Bonchev–Trinajstić information content (AvgIpc) is 2.94. The molecule has 20 heavy (non-hydrogen) atoms. The van der Waals surface area contributed by atoms with Crippen molar-refractivity contribution in [2.75, 3.05) is 6.54 Å². The summed E-state index contributed by atoms with van der Waals surface area (Å²) in [5.41, 5.74) is 1.07. The maximum atomic E-state index is 12.3. The van der Waals surface area contributed by atoms with E-state index in [0.29, 0.717) is 13.1 Å². The van der Waals surface area contributed by atoms with Gasteiger partial charge in [0, 0.05) is 19.0 Å². The van der Waals surface area contributed by atoms with E-state index in [0.717, 1.165) is 18.4 Å². The number of amides is 2. The van der Waals surface area contributed by atoms with Gasteiger partial charge in [-0.25, -0.2) is 0 Å². The maximum Gasteiger partial charge on any atom is 0.243 e. The normalized spacial score (nSPS) is 18.4. The van der Waals surface area contributed by atoms with Crippen molar-refractivity contribution in [1.82, 2.24) is 10.2 Å². The molecular weight excluding hydrogens is 252 g/mol. The molecule has 2 rings (SSSR count). The third kappa shape index (κ3) is 3.38. The van der Waals surface area contributed by atoms with Crippen LogP contribution >= 0.6 is 0 Å². The molecule has 1 aliphatic heterocycles. The molecule has 108 valence electrons. The van der Waals surface area contributed by atoms with E-state index in [4.69, 9.17) is 0 Å². The summed E-state index contributed by atoms with van der Waals surface area (Å²) in [5.74, 6) is -0.0276. The van der Waals surface area contributed by atoms with Crippen molar-refractivity contribution in [2.24, 2.45) is 5.92 Å². The number of carbonyl (C=O) groups is 2. The van der Waals surface area contributed by atoms with Crippen LogP contribution in [0.15, 0.2) is 30.3 Å². The fraction of sp³-hybridized carbons (Fsp3) is 0.500. The molecule has 1 atom stereocenters. The SMILES string of the molecule is CC(C)C(=O)N1CCC[C@H]1C(=O)NCc1ccccc1. The predicted octanol–water partition coefficient (Wildman–Crippen LogP) is 1.95. The average molecular weight is 274 g/mol. The van der Waals surface area contributed by atoms with Crippen LogP contribution < -0.4 is 5.32 Å². The third-order valence-corrected chi connectivity index (χ3v) is 3.64. The van der Waals surface area contributed by atoms with Crippen molar-refractivity contribution in [2.45, 2.75) is 39.3 Å². The van der Waals surface area contributed by atoms with E-state index in [-0.39, 0.29) is 23.8 Å². The lowest BCUT2D eigenvalue weighted by Gasteiger charge is -2.25. The van der Waals surface area contributed by atoms with Gasteiger partial charge in [-0.1, -0.05) is 44.2 Å². The van der Waals surface area contributed by atoms with E-state index < -0.39 is 0 Å². The molecule has 0 unspecified atom stereocenters. The van der Waals surface area contributed by atoms with E-state index in [1.165, 1.54) is 0 Å². The van der Waals surface area contributed by atoms with Gasteiger partial charge in [-0.05, 0) is 18.4 Å². The summed E-state index contributed by atoms with van der Waals surface area (Å²) in [4.78, 5) is 26.1. The zero-order valence-corrected chi connectivity index (χ0v) is 12.1. The van der Waals surface area contributed by atoms with Crippen LogP contribution in [-0.2, 0) is 16.1 Å². The molecule has 0 aromatic heterocycles. The van der Waals surface area contributed by atoms with Crippen molar-refractivity contribution in [1.29, 1.82) is 0 Å². The van der Waals surface area contributed by atoms with Crippen LogP contribution in [0.1, 0.15) is 32.3 Å². The van der Waals surface area contributed by atoms with E-state index in [2.05, 4.69) is 5.32 Å². The molecule has 0 spiro atoms. The van der Waals surface area contributed by atoms with E-state index >= 15 is 0 Å². The Bertz CT molecular complexity index is 471. The second-order valence-corrected chi connectivity index (χ2v) is 5.55. The number of benzene rings is 1. The Kier molecular flexibility index (Phi) is 4.77. The fourth-order valence-electron chi connectivity index (χ4n) is 2.54. The Morgan fingerprint density at radius 2 is 2.00 bits per heavy atom. The summed E-state index contributed by atoms with van der Waals surface area (Å²) in [5, 5.41) is 2.93. The minimum atomic E-state index is -0.298. The lowest BCUT2D eigenvalue weighted by atomic mass is 10.1. The Morgan fingerprint density at radius 1 is 1.30 bits per heavy atom. The zero-order valence-electron chi connectivity index (χ0n) is 12.1. The van der Waals surface area contributed by atoms with Crippen LogP contribution in [0.5, 0.6) is 0 Å². The first-order valence-corrected chi connectivity index (χ1v) is 7.21. The number of hydrogen-bond donors (Lipinski definition) is 1. The van der Waals surface area contributed by atoms with Gasteiger partial charge in [0.1, 0.15) is 6.04 Å². The molecule has 0 saturated carbocycles. The Hall–Kier alpha value is -1.84. The van der Waals surface area contributed by atoms with Crippen molar-refractivity contribution in [3.8, 4) is 0 Å². The second-order valence-electron chi connectivity index (χ2n) is 5.55. The smallest absolute Gasteiger partial charge is 0.243 e. The highest BCUT2D eigenvalue weighted by atomic mass is 16.2. The molecule has 2 amide bonds. The van der Waals surface area contributed by atoms with Crippen molar-refractivity contribution in [3.63, 3.8) is 0 Å². The molecule has 4 heteroatoms. The van der Waals surface area contributed by atoms with Gasteiger partial charge in [0.15, 0.2) is 0 Å². The van der Waals surface area contributed by atoms with Gasteiger partial charge in [0.2, 0.25) is 11.8 Å². The number of hydrogen-bond acceptors (Lipinski definition) is 2. The van der Waals surface area contributed by atoms with E-state index in [1.54, 1.807) is 4.90 Å². The number of likely N-dealkylation sites (tertiary alicyclic amines) is 1. The summed E-state index contributed by atoms with van der Waals surface area (Å²) in [6, 6.07) is 9.51. The molecule has 1 N–H and O–H groups in total. The van der Waals surface area contributed by atoms with Crippen LogP contribution in [0.4, 0.5) is 0 Å². The topological polar surface area (TPSA) is 49.4 Å². The summed E-state index contributed by atoms with van der Waals surface area (Å²) < 4.78 is 0. The molecule has 1 fully saturated rings. The highest BCUT2D eigenvalue weighted by molar-refractivity contribution is 5.88. The summed E-state index contributed by atoms with van der Waals surface area (Å²) in [6.07, 6.45) is 1.67. The lowest BCUT2D eigenvalue weighted by molar-refractivity contribution is -0.140. The monoisotopic (exact) mass is 274 g/mol. The molecule has 1 aliphatic rings. The Balaban J connectivity index is 1.93. The van der Waals surface area contributed by atoms with Gasteiger partial charge in [-0.15, -0.1) is 0 Å². The number of nitrogens with zero attached hydrogens (tertiary/aromatic N) is 1. The van der Waals surface area contributed by atoms with Gasteiger partial charge in [-0.2, -0.15) is 0 Å². The predicted molar refractivity (Wildman–Crippen MR) is 77.9 cm³/mol. The van der Waals surface area contributed by atoms with E-state index in [9.17, 15) is 9.59 Å². The summed E-state index contributed by atoms with van der Waals surface area (Å²) >= 11 is 0. The van der Waals surface area contributed by atoms with Crippen LogP contribution in [0.25, 0.3) is 0 Å². The summed E-state index contributed by atoms with van der Waals surface area (Å²) in [6.45, 7) is 4.96. The quantitative estimate of drug-likeness (QED) is 0.912. The maximum absolute atomic E-state index is 12.3. The van der Waals surface area contributed by atoms with Gasteiger partial charge in [0.05, 0.1) is 0 Å². The largest absolute Gasteiger partial charge is 0.350 e. The van der Waals surface area contributed by atoms with Crippen molar-refractivity contribution < 1.29 is 9.59 Å². The first kappa shape index (κ1) is 14.6. The van der Waals surface area contributed by atoms with E-state index in [1.807, 2.05) is 44.2 Å². The van der Waals surface area contributed by atoms with Crippen LogP contribution in [-0.4, -0.2) is 29.3 Å². The van der Waals surface area contributed by atoms with Gasteiger partial charge >= 0.3 is 0 Å². The summed E-state index contributed by atoms with van der Waals surface area (Å²) in [7, 11) is 0. The first-order chi connectivity index (χ1) is 9.59. The molecule has 1 aromatic rings. The third-order valence-electron chi connectivity index (χ3n) is 3.64. The molecular formula is C16H22N2O2. The van der Waals surface area contributed by atoms with Crippen LogP contribution in [0, 0.1) is 5.92 Å². The van der Waals surface area contributed by atoms with Crippen LogP contribution in [0.2, 0.25) is 0 Å². The molecule has 0 bridgehead atoms. The zero-order chi connectivity index (χ0) is 14.5. The second kappa shape index (κ2) is 6.55. The minimum Gasteiger partial charge on any atom is -0.350 e. The van der Waals surface area contributed by atoms with Gasteiger partial charge in [0.25, 0.3) is 0 Å².